The van der Waals surface area contributed by atoms with Crippen molar-refractivity contribution >= 4 is 12.2 Å². The van der Waals surface area contributed by atoms with E-state index in [9.17, 15) is 5.11 Å². The van der Waals surface area contributed by atoms with Crippen LogP contribution in [-0.4, -0.2) is 15.1 Å². The number of nitrogens with zero attached hydrogens (tertiary/aromatic N) is 2. The minimum Gasteiger partial charge on any atom is -0.508 e. The Labute approximate surface area is 124 Å². The van der Waals surface area contributed by atoms with E-state index < -0.39 is 0 Å². The second kappa shape index (κ2) is 5.32. The summed E-state index contributed by atoms with van der Waals surface area (Å²) in [4.78, 5) is 9.26. The lowest BCUT2D eigenvalue weighted by Gasteiger charge is -2.16. The van der Waals surface area contributed by atoms with Crippen molar-refractivity contribution in [3.63, 3.8) is 0 Å². The van der Waals surface area contributed by atoms with E-state index in [1.54, 1.807) is 12.1 Å². The lowest BCUT2D eigenvalue weighted by molar-refractivity contribution is 0.475. The molecule has 0 amide bonds. The van der Waals surface area contributed by atoms with E-state index in [2.05, 4.69) is 36.0 Å². The average molecular weight is 280 g/mol. The molecular formula is C18H20N2O. The van der Waals surface area contributed by atoms with Gasteiger partial charge in [-0.15, -0.1) is 0 Å². The van der Waals surface area contributed by atoms with E-state index >= 15 is 0 Å². The molecule has 3 heteroatoms. The zero-order valence-electron chi connectivity index (χ0n) is 12.7. The monoisotopic (exact) mass is 280 g/mol. The number of phenols is 1. The Morgan fingerprint density at radius 1 is 1.19 bits per heavy atom. The van der Waals surface area contributed by atoms with Gasteiger partial charge in [0.05, 0.1) is 11.0 Å². The summed E-state index contributed by atoms with van der Waals surface area (Å²) in [6, 6.07) is 7.37. The van der Waals surface area contributed by atoms with Crippen molar-refractivity contribution in [3.8, 4) is 5.75 Å². The SMILES string of the molecule is Cc1nc(C(C)c2ccc(O)cc2)c2c(n1)=CC(C)CC=2. The van der Waals surface area contributed by atoms with Crippen molar-refractivity contribution in [2.75, 3.05) is 0 Å². The predicted octanol–water partition coefficient (Wildman–Crippen LogP) is 2.24. The van der Waals surface area contributed by atoms with Crippen LogP contribution in [0.5, 0.6) is 5.75 Å². The molecule has 2 atom stereocenters. The maximum Gasteiger partial charge on any atom is 0.126 e. The summed E-state index contributed by atoms with van der Waals surface area (Å²) >= 11 is 0. The van der Waals surface area contributed by atoms with E-state index in [4.69, 9.17) is 0 Å². The molecule has 1 aliphatic carbocycles. The van der Waals surface area contributed by atoms with Crippen molar-refractivity contribution in [2.24, 2.45) is 5.92 Å². The minimum absolute atomic E-state index is 0.180. The number of hydrogen-bond donors (Lipinski definition) is 1. The van der Waals surface area contributed by atoms with Crippen molar-refractivity contribution in [2.45, 2.75) is 33.1 Å². The fourth-order valence-corrected chi connectivity index (χ4v) is 2.85. The number of aryl methyl sites for hydroxylation is 1. The van der Waals surface area contributed by atoms with Crippen LogP contribution in [0.25, 0.3) is 12.2 Å². The Bertz CT molecular complexity index is 778. The molecule has 0 aliphatic heterocycles. The summed E-state index contributed by atoms with van der Waals surface area (Å²) < 4.78 is 0. The summed E-state index contributed by atoms with van der Waals surface area (Å²) in [7, 11) is 0. The van der Waals surface area contributed by atoms with Crippen LogP contribution in [0.4, 0.5) is 0 Å². The molecule has 0 radical (unpaired) electrons. The summed E-state index contributed by atoms with van der Waals surface area (Å²) in [6.07, 6.45) is 5.53. The smallest absolute Gasteiger partial charge is 0.126 e. The van der Waals surface area contributed by atoms with Gasteiger partial charge in [-0.1, -0.05) is 38.1 Å². The highest BCUT2D eigenvalue weighted by Crippen LogP contribution is 2.22. The van der Waals surface area contributed by atoms with Gasteiger partial charge < -0.3 is 5.11 Å². The highest BCUT2D eigenvalue weighted by molar-refractivity contribution is 5.42. The van der Waals surface area contributed by atoms with Gasteiger partial charge in [0.1, 0.15) is 11.6 Å². The van der Waals surface area contributed by atoms with Gasteiger partial charge in [-0.3, -0.25) is 0 Å². The van der Waals surface area contributed by atoms with Gasteiger partial charge in [0, 0.05) is 11.1 Å². The van der Waals surface area contributed by atoms with Gasteiger partial charge in [0.2, 0.25) is 0 Å². The van der Waals surface area contributed by atoms with Crippen LogP contribution in [0.15, 0.2) is 24.3 Å². The maximum atomic E-state index is 9.44. The second-order valence-electron chi connectivity index (χ2n) is 5.85. The number of fused-ring (bicyclic) bond motifs is 1. The third kappa shape index (κ3) is 2.68. The van der Waals surface area contributed by atoms with Gasteiger partial charge in [0.15, 0.2) is 0 Å². The Balaban J connectivity index is 2.15. The predicted molar refractivity (Wildman–Crippen MR) is 84.4 cm³/mol. The van der Waals surface area contributed by atoms with E-state index in [-0.39, 0.29) is 5.92 Å². The lowest BCUT2D eigenvalue weighted by atomic mass is 9.93. The quantitative estimate of drug-likeness (QED) is 0.917. The molecule has 108 valence electrons. The first kappa shape index (κ1) is 13.8. The van der Waals surface area contributed by atoms with Crippen molar-refractivity contribution in [1.29, 1.82) is 0 Å². The highest BCUT2D eigenvalue weighted by Gasteiger charge is 2.15. The fourth-order valence-electron chi connectivity index (χ4n) is 2.85. The zero-order valence-corrected chi connectivity index (χ0v) is 12.7. The van der Waals surface area contributed by atoms with Crippen LogP contribution in [0.3, 0.4) is 0 Å². The van der Waals surface area contributed by atoms with Gasteiger partial charge >= 0.3 is 0 Å². The number of aromatic hydroxyl groups is 1. The van der Waals surface area contributed by atoms with Crippen LogP contribution < -0.4 is 10.6 Å². The highest BCUT2D eigenvalue weighted by atomic mass is 16.3. The maximum absolute atomic E-state index is 9.44. The Kier molecular flexibility index (Phi) is 3.50. The molecule has 1 aromatic heterocycles. The largest absolute Gasteiger partial charge is 0.508 e. The topological polar surface area (TPSA) is 46.0 Å². The standard InChI is InChI=1S/C18H20N2O/c1-11-4-9-16-17(10-11)19-13(3)20-18(16)12(2)14-5-7-15(21)8-6-14/h5-12,21H,4H2,1-3H3. The molecule has 0 saturated carbocycles. The molecule has 1 aliphatic rings. The van der Waals surface area contributed by atoms with E-state index in [0.29, 0.717) is 11.7 Å². The molecule has 0 saturated heterocycles. The Morgan fingerprint density at radius 2 is 1.90 bits per heavy atom. The average Bonchev–Trinajstić information content (AvgIpc) is 2.46. The second-order valence-corrected chi connectivity index (χ2v) is 5.85. The number of hydrogen-bond acceptors (Lipinski definition) is 3. The molecular weight excluding hydrogens is 260 g/mol. The molecule has 2 aromatic rings. The molecule has 1 aromatic carbocycles. The van der Waals surface area contributed by atoms with Crippen LogP contribution in [-0.2, 0) is 0 Å². The number of phenolic OH excluding ortho intramolecular Hbond substituents is 1. The lowest BCUT2D eigenvalue weighted by Crippen LogP contribution is -2.37. The normalized spacial score (nSPS) is 18.3. The van der Waals surface area contributed by atoms with E-state index in [1.165, 1.54) is 5.22 Å². The molecule has 21 heavy (non-hydrogen) atoms. The van der Waals surface area contributed by atoms with Crippen LogP contribution in [0.1, 0.15) is 43.3 Å². The molecule has 3 rings (SSSR count). The third-order valence-electron chi connectivity index (χ3n) is 4.06. The van der Waals surface area contributed by atoms with Gasteiger partial charge in [-0.2, -0.15) is 0 Å². The molecule has 3 nitrogen and oxygen atoms in total. The number of rotatable bonds is 2. The third-order valence-corrected chi connectivity index (χ3v) is 4.06. The Hall–Kier alpha value is -2.16. The number of benzene rings is 1. The first-order valence-corrected chi connectivity index (χ1v) is 7.40. The van der Waals surface area contributed by atoms with Crippen LogP contribution in [0, 0.1) is 12.8 Å². The molecule has 0 fully saturated rings. The minimum atomic E-state index is 0.180. The summed E-state index contributed by atoms with van der Waals surface area (Å²) in [6.45, 7) is 6.31. The molecule has 1 N–H and O–H groups in total. The zero-order chi connectivity index (χ0) is 15.0. The first-order chi connectivity index (χ1) is 10.0. The van der Waals surface area contributed by atoms with Crippen molar-refractivity contribution in [1.82, 2.24) is 9.97 Å². The van der Waals surface area contributed by atoms with Crippen LogP contribution >= 0.6 is 0 Å². The fraction of sp³-hybridized carbons (Fsp3) is 0.333. The van der Waals surface area contributed by atoms with E-state index in [1.807, 2.05) is 19.1 Å². The van der Waals surface area contributed by atoms with Gasteiger partial charge in [-0.05, 0) is 37.0 Å². The first-order valence-electron chi connectivity index (χ1n) is 7.40. The summed E-state index contributed by atoms with van der Waals surface area (Å²) in [5, 5.41) is 11.7. The molecule has 0 spiro atoms. The molecule has 2 unspecified atom stereocenters. The molecule has 0 bridgehead atoms. The van der Waals surface area contributed by atoms with Gasteiger partial charge in [0.25, 0.3) is 0 Å². The van der Waals surface area contributed by atoms with E-state index in [0.717, 1.165) is 28.9 Å². The van der Waals surface area contributed by atoms with Gasteiger partial charge in [-0.25, -0.2) is 9.97 Å². The summed E-state index contributed by atoms with van der Waals surface area (Å²) in [5.74, 6) is 1.82. The Morgan fingerprint density at radius 3 is 2.62 bits per heavy atom. The van der Waals surface area contributed by atoms with Crippen LogP contribution in [0.2, 0.25) is 0 Å². The number of aromatic nitrogens is 2. The molecule has 1 heterocycles. The summed E-state index contributed by atoms with van der Waals surface area (Å²) in [5.41, 5.74) is 2.23. The van der Waals surface area contributed by atoms with Crippen molar-refractivity contribution in [3.05, 3.63) is 51.9 Å². The van der Waals surface area contributed by atoms with Crippen molar-refractivity contribution < 1.29 is 5.11 Å².